The summed E-state index contributed by atoms with van der Waals surface area (Å²) in [5.74, 6) is 0.0569. The van der Waals surface area contributed by atoms with Gasteiger partial charge in [0.25, 0.3) is 11.6 Å². The highest BCUT2D eigenvalue weighted by molar-refractivity contribution is 6.00. The van der Waals surface area contributed by atoms with Gasteiger partial charge in [-0.1, -0.05) is 19.1 Å². The van der Waals surface area contributed by atoms with Gasteiger partial charge >= 0.3 is 0 Å². The minimum atomic E-state index is -0.473. The molecule has 1 unspecified atom stereocenters. The average Bonchev–Trinajstić information content (AvgIpc) is 2.79. The topological polar surface area (TPSA) is 75.9 Å². The van der Waals surface area contributed by atoms with E-state index in [0.717, 1.165) is 37.2 Å². The van der Waals surface area contributed by atoms with Crippen molar-refractivity contribution in [2.75, 3.05) is 37.7 Å². The molecule has 0 radical (unpaired) electrons. The summed E-state index contributed by atoms with van der Waals surface area (Å²) in [7, 11) is 0. The molecule has 0 N–H and O–H groups in total. The Morgan fingerprint density at radius 2 is 1.84 bits per heavy atom. The fourth-order valence-corrected chi connectivity index (χ4v) is 4.22. The molecule has 2 aliphatic rings. The highest BCUT2D eigenvalue weighted by atomic mass is 19.1. The van der Waals surface area contributed by atoms with Gasteiger partial charge < -0.3 is 14.5 Å². The number of carbonyl (C=O) groups is 1. The number of nitro groups is 1. The minimum Gasteiger partial charge on any atom is -0.371 e. The maximum atomic E-state index is 13.5. The van der Waals surface area contributed by atoms with E-state index in [-0.39, 0.29) is 23.5 Å². The average molecular weight is 427 g/mol. The standard InChI is InChI=1S/C23H26FN3O4/c1-16-8-10-25(11-9-16)21-7-6-19(27(29)30)14-20(21)23(28)26-12-13-31-22(15-26)17-2-4-18(24)5-3-17/h2-7,14,16,22H,8-13,15H2,1H3. The summed E-state index contributed by atoms with van der Waals surface area (Å²) in [5, 5.41) is 11.4. The molecule has 1 amide bonds. The molecule has 2 fully saturated rings. The van der Waals surface area contributed by atoms with Crippen LogP contribution in [-0.2, 0) is 4.74 Å². The number of nitrogens with zero attached hydrogens (tertiary/aromatic N) is 3. The van der Waals surface area contributed by atoms with E-state index in [0.29, 0.717) is 31.2 Å². The third-order valence-corrected chi connectivity index (χ3v) is 6.14. The van der Waals surface area contributed by atoms with E-state index in [1.54, 1.807) is 23.1 Å². The molecule has 2 aliphatic heterocycles. The largest absolute Gasteiger partial charge is 0.371 e. The van der Waals surface area contributed by atoms with Crippen LogP contribution < -0.4 is 4.90 Å². The molecule has 4 rings (SSSR count). The maximum Gasteiger partial charge on any atom is 0.270 e. The number of non-ortho nitro benzene ring substituents is 1. The molecule has 0 aromatic heterocycles. The SMILES string of the molecule is CC1CCN(c2ccc([N+](=O)[O-])cc2C(=O)N2CCOC(c3ccc(F)cc3)C2)CC1. The molecule has 2 aromatic carbocycles. The molecule has 0 spiro atoms. The first-order chi connectivity index (χ1) is 14.9. The Kier molecular flexibility index (Phi) is 6.18. The number of ether oxygens (including phenoxy) is 1. The second-order valence-electron chi connectivity index (χ2n) is 8.29. The lowest BCUT2D eigenvalue weighted by molar-refractivity contribution is -0.384. The molecule has 164 valence electrons. The molecule has 31 heavy (non-hydrogen) atoms. The molecule has 0 saturated carbocycles. The van der Waals surface area contributed by atoms with Crippen LogP contribution in [0.1, 0.15) is 41.8 Å². The molecule has 1 atom stereocenters. The van der Waals surface area contributed by atoms with E-state index in [1.165, 1.54) is 24.3 Å². The number of carbonyl (C=O) groups excluding carboxylic acids is 1. The first kappa shape index (κ1) is 21.2. The Balaban J connectivity index is 1.60. The van der Waals surface area contributed by atoms with Crippen molar-refractivity contribution in [3.05, 3.63) is 69.5 Å². The van der Waals surface area contributed by atoms with E-state index in [4.69, 9.17) is 4.74 Å². The van der Waals surface area contributed by atoms with Gasteiger partial charge in [0.15, 0.2) is 0 Å². The van der Waals surface area contributed by atoms with Crippen molar-refractivity contribution < 1.29 is 18.8 Å². The van der Waals surface area contributed by atoms with E-state index < -0.39 is 4.92 Å². The lowest BCUT2D eigenvalue weighted by Crippen LogP contribution is -2.43. The number of morpholine rings is 1. The van der Waals surface area contributed by atoms with Gasteiger partial charge in [-0.2, -0.15) is 0 Å². The summed E-state index contributed by atoms with van der Waals surface area (Å²) in [6, 6.07) is 10.6. The molecule has 2 aromatic rings. The normalized spacial score (nSPS) is 20.0. The van der Waals surface area contributed by atoms with E-state index in [9.17, 15) is 19.3 Å². The van der Waals surface area contributed by atoms with E-state index in [2.05, 4.69) is 11.8 Å². The van der Waals surface area contributed by atoms with Crippen molar-refractivity contribution in [3.8, 4) is 0 Å². The van der Waals surface area contributed by atoms with Crippen LogP contribution in [-0.4, -0.2) is 48.5 Å². The third kappa shape index (κ3) is 4.69. The summed E-state index contributed by atoms with van der Waals surface area (Å²) in [5.41, 5.74) is 1.79. The van der Waals surface area contributed by atoms with E-state index in [1.807, 2.05) is 0 Å². The Morgan fingerprint density at radius 1 is 1.13 bits per heavy atom. The quantitative estimate of drug-likeness (QED) is 0.540. The third-order valence-electron chi connectivity index (χ3n) is 6.14. The number of rotatable bonds is 4. The Labute approximate surface area is 180 Å². The molecular formula is C23H26FN3O4. The van der Waals surface area contributed by atoms with Crippen LogP contribution in [0, 0.1) is 21.8 Å². The smallest absolute Gasteiger partial charge is 0.270 e. The lowest BCUT2D eigenvalue weighted by atomic mass is 9.97. The summed E-state index contributed by atoms with van der Waals surface area (Å²) >= 11 is 0. The number of hydrogen-bond acceptors (Lipinski definition) is 5. The highest BCUT2D eigenvalue weighted by Gasteiger charge is 2.30. The zero-order valence-corrected chi connectivity index (χ0v) is 17.5. The molecule has 0 aliphatic carbocycles. The fraction of sp³-hybridized carbons (Fsp3) is 0.435. The van der Waals surface area contributed by atoms with Crippen LogP contribution >= 0.6 is 0 Å². The van der Waals surface area contributed by atoms with Gasteiger partial charge in [0.2, 0.25) is 0 Å². The fourth-order valence-electron chi connectivity index (χ4n) is 4.22. The predicted octanol–water partition coefficient (Wildman–Crippen LogP) is 4.18. The van der Waals surface area contributed by atoms with Crippen LogP contribution in [0.25, 0.3) is 0 Å². The maximum absolute atomic E-state index is 13.5. The van der Waals surface area contributed by atoms with Crippen LogP contribution in [0.2, 0.25) is 0 Å². The van der Waals surface area contributed by atoms with Crippen molar-refractivity contribution in [1.29, 1.82) is 0 Å². The Hall–Kier alpha value is -3.00. The van der Waals surface area contributed by atoms with Crippen molar-refractivity contribution in [2.24, 2.45) is 5.92 Å². The van der Waals surface area contributed by atoms with Gasteiger partial charge in [-0.25, -0.2) is 4.39 Å². The number of anilines is 1. The Morgan fingerprint density at radius 3 is 2.52 bits per heavy atom. The van der Waals surface area contributed by atoms with Crippen LogP contribution in [0.3, 0.4) is 0 Å². The number of halogens is 1. The van der Waals surface area contributed by atoms with Crippen LogP contribution in [0.15, 0.2) is 42.5 Å². The Bertz CT molecular complexity index is 958. The highest BCUT2D eigenvalue weighted by Crippen LogP contribution is 2.31. The number of hydrogen-bond donors (Lipinski definition) is 0. The minimum absolute atomic E-state index is 0.0965. The van der Waals surface area contributed by atoms with Crippen LogP contribution in [0.5, 0.6) is 0 Å². The van der Waals surface area contributed by atoms with Crippen molar-refractivity contribution in [2.45, 2.75) is 25.9 Å². The monoisotopic (exact) mass is 427 g/mol. The van der Waals surface area contributed by atoms with Crippen molar-refractivity contribution >= 4 is 17.3 Å². The summed E-state index contributed by atoms with van der Waals surface area (Å²) in [6.07, 6.45) is 1.68. The van der Waals surface area contributed by atoms with Gasteiger partial charge in [0, 0.05) is 31.8 Å². The summed E-state index contributed by atoms with van der Waals surface area (Å²) in [4.78, 5) is 28.2. The predicted molar refractivity (Wildman–Crippen MR) is 115 cm³/mol. The summed E-state index contributed by atoms with van der Waals surface area (Å²) in [6.45, 7) is 4.91. The first-order valence-corrected chi connectivity index (χ1v) is 10.6. The first-order valence-electron chi connectivity index (χ1n) is 10.6. The number of nitro benzene ring substituents is 1. The zero-order valence-electron chi connectivity index (χ0n) is 17.5. The molecule has 2 saturated heterocycles. The summed E-state index contributed by atoms with van der Waals surface area (Å²) < 4.78 is 19.1. The second kappa shape index (κ2) is 9.01. The van der Waals surface area contributed by atoms with Crippen molar-refractivity contribution in [1.82, 2.24) is 4.90 Å². The van der Waals surface area contributed by atoms with Crippen molar-refractivity contribution in [3.63, 3.8) is 0 Å². The van der Waals surface area contributed by atoms with Gasteiger partial charge in [-0.15, -0.1) is 0 Å². The zero-order chi connectivity index (χ0) is 22.0. The van der Waals surface area contributed by atoms with Gasteiger partial charge in [-0.3, -0.25) is 14.9 Å². The number of piperidine rings is 1. The lowest BCUT2D eigenvalue weighted by Gasteiger charge is -2.36. The van der Waals surface area contributed by atoms with Gasteiger partial charge in [0.05, 0.1) is 29.3 Å². The molecule has 8 heteroatoms. The van der Waals surface area contributed by atoms with Gasteiger partial charge in [-0.05, 0) is 42.5 Å². The molecule has 7 nitrogen and oxygen atoms in total. The second-order valence-corrected chi connectivity index (χ2v) is 8.29. The number of benzene rings is 2. The molecular weight excluding hydrogens is 401 g/mol. The van der Waals surface area contributed by atoms with Crippen LogP contribution in [0.4, 0.5) is 15.8 Å². The number of amides is 1. The molecule has 0 bridgehead atoms. The van der Waals surface area contributed by atoms with Gasteiger partial charge in [0.1, 0.15) is 11.9 Å². The molecule has 2 heterocycles. The van der Waals surface area contributed by atoms with E-state index >= 15 is 0 Å².